The monoisotopic (exact) mass is 252 g/mol. The van der Waals surface area contributed by atoms with Gasteiger partial charge in [-0.3, -0.25) is 0 Å². The van der Waals surface area contributed by atoms with Crippen LogP contribution in [0.5, 0.6) is 5.75 Å². The largest absolute Gasteiger partial charge is 0.494 e. The van der Waals surface area contributed by atoms with Crippen molar-refractivity contribution in [1.29, 1.82) is 0 Å². The highest BCUT2D eigenvalue weighted by Crippen LogP contribution is 2.26. The zero-order valence-corrected chi connectivity index (χ0v) is 10.3. The molecule has 90 valence electrons. The Balaban J connectivity index is 2.29. The molecule has 0 aliphatic carbocycles. The molecule has 1 aromatic heterocycles. The minimum Gasteiger partial charge on any atom is -0.494 e. The first-order valence-corrected chi connectivity index (χ1v) is 6.11. The summed E-state index contributed by atoms with van der Waals surface area (Å²) in [7, 11) is 1.44. The van der Waals surface area contributed by atoms with Crippen molar-refractivity contribution in [3.8, 4) is 17.0 Å². The highest BCUT2D eigenvalue weighted by molar-refractivity contribution is 7.09. The lowest BCUT2D eigenvalue weighted by Crippen LogP contribution is -2.01. The topological polar surface area (TPSA) is 48.1 Å². The zero-order chi connectivity index (χ0) is 12.3. The highest BCUT2D eigenvalue weighted by atomic mass is 32.1. The molecule has 3 nitrogen and oxygen atoms in total. The van der Waals surface area contributed by atoms with Crippen LogP contribution in [0.2, 0.25) is 0 Å². The quantitative estimate of drug-likeness (QED) is 0.909. The van der Waals surface area contributed by atoms with Crippen LogP contribution < -0.4 is 10.5 Å². The van der Waals surface area contributed by atoms with E-state index in [4.69, 9.17) is 10.5 Å². The van der Waals surface area contributed by atoms with E-state index in [9.17, 15) is 4.39 Å². The molecular weight excluding hydrogens is 239 g/mol. The first kappa shape index (κ1) is 12.0. The van der Waals surface area contributed by atoms with E-state index in [1.807, 2.05) is 5.38 Å². The zero-order valence-electron chi connectivity index (χ0n) is 9.44. The Kier molecular flexibility index (Phi) is 3.71. The van der Waals surface area contributed by atoms with Gasteiger partial charge in [0, 0.05) is 17.4 Å². The molecule has 0 saturated heterocycles. The molecule has 0 amide bonds. The number of aromatic nitrogens is 1. The molecule has 0 spiro atoms. The normalized spacial score (nSPS) is 10.5. The van der Waals surface area contributed by atoms with Crippen LogP contribution in [-0.2, 0) is 6.42 Å². The Labute approximate surface area is 103 Å². The minimum absolute atomic E-state index is 0.242. The molecule has 2 N–H and O–H groups in total. The van der Waals surface area contributed by atoms with Gasteiger partial charge in [-0.25, -0.2) is 9.37 Å². The Hall–Kier alpha value is -1.46. The molecule has 0 atom stereocenters. The van der Waals surface area contributed by atoms with Gasteiger partial charge in [-0.15, -0.1) is 11.3 Å². The number of nitrogens with two attached hydrogens (primary N) is 1. The van der Waals surface area contributed by atoms with Crippen LogP contribution >= 0.6 is 11.3 Å². The molecule has 17 heavy (non-hydrogen) atoms. The first-order chi connectivity index (χ1) is 8.24. The van der Waals surface area contributed by atoms with Crippen LogP contribution in [0.4, 0.5) is 4.39 Å². The number of ether oxygens (including phenoxy) is 1. The molecular formula is C12H13FN2OS. The second-order valence-electron chi connectivity index (χ2n) is 3.51. The summed E-state index contributed by atoms with van der Waals surface area (Å²) in [5.74, 6) is -0.135. The molecule has 0 saturated carbocycles. The third-order valence-electron chi connectivity index (χ3n) is 2.36. The van der Waals surface area contributed by atoms with Gasteiger partial charge in [0.25, 0.3) is 0 Å². The van der Waals surface area contributed by atoms with Crippen molar-refractivity contribution in [2.45, 2.75) is 6.42 Å². The number of halogens is 1. The summed E-state index contributed by atoms with van der Waals surface area (Å²) < 4.78 is 18.4. The molecule has 1 heterocycles. The van der Waals surface area contributed by atoms with Gasteiger partial charge in [0.15, 0.2) is 11.6 Å². The summed E-state index contributed by atoms with van der Waals surface area (Å²) in [5.41, 5.74) is 6.99. The molecule has 0 aliphatic rings. The van der Waals surface area contributed by atoms with Crippen LogP contribution in [-0.4, -0.2) is 18.6 Å². The van der Waals surface area contributed by atoms with Crippen LogP contribution in [0, 0.1) is 5.82 Å². The molecule has 0 unspecified atom stereocenters. The number of benzene rings is 1. The van der Waals surface area contributed by atoms with Gasteiger partial charge in [-0.2, -0.15) is 0 Å². The van der Waals surface area contributed by atoms with Crippen LogP contribution in [0.15, 0.2) is 23.6 Å². The van der Waals surface area contributed by atoms with Crippen molar-refractivity contribution in [3.05, 3.63) is 34.4 Å². The Bertz CT molecular complexity index is 513. The van der Waals surface area contributed by atoms with Gasteiger partial charge < -0.3 is 10.5 Å². The summed E-state index contributed by atoms with van der Waals surface area (Å²) in [5, 5.41) is 2.88. The van der Waals surface area contributed by atoms with Crippen LogP contribution in [0.25, 0.3) is 11.3 Å². The average molecular weight is 252 g/mol. The van der Waals surface area contributed by atoms with Crippen molar-refractivity contribution in [2.75, 3.05) is 13.7 Å². The van der Waals surface area contributed by atoms with Crippen molar-refractivity contribution >= 4 is 11.3 Å². The van der Waals surface area contributed by atoms with Crippen molar-refractivity contribution < 1.29 is 9.13 Å². The smallest absolute Gasteiger partial charge is 0.165 e. The van der Waals surface area contributed by atoms with E-state index >= 15 is 0 Å². The van der Waals surface area contributed by atoms with Crippen LogP contribution in [0.1, 0.15) is 5.01 Å². The number of hydrogen-bond acceptors (Lipinski definition) is 4. The Morgan fingerprint density at radius 3 is 2.94 bits per heavy atom. The van der Waals surface area contributed by atoms with E-state index in [0.29, 0.717) is 6.54 Å². The van der Waals surface area contributed by atoms with E-state index in [1.165, 1.54) is 24.5 Å². The minimum atomic E-state index is -0.377. The number of methoxy groups -OCH3 is 1. The SMILES string of the molecule is COc1ccc(-c2csc(CCN)n2)cc1F. The summed E-state index contributed by atoms with van der Waals surface area (Å²) in [6.07, 6.45) is 0.753. The molecule has 0 aliphatic heterocycles. The third-order valence-corrected chi connectivity index (χ3v) is 3.27. The fourth-order valence-corrected chi connectivity index (χ4v) is 2.33. The Morgan fingerprint density at radius 1 is 1.47 bits per heavy atom. The number of rotatable bonds is 4. The Morgan fingerprint density at radius 2 is 2.29 bits per heavy atom. The number of thiazole rings is 1. The molecule has 2 rings (SSSR count). The maximum atomic E-state index is 13.5. The second kappa shape index (κ2) is 5.25. The lowest BCUT2D eigenvalue weighted by molar-refractivity contribution is 0.386. The van der Waals surface area contributed by atoms with Gasteiger partial charge >= 0.3 is 0 Å². The second-order valence-corrected chi connectivity index (χ2v) is 4.46. The van der Waals surface area contributed by atoms with E-state index < -0.39 is 0 Å². The maximum absolute atomic E-state index is 13.5. The molecule has 0 fully saturated rings. The highest BCUT2D eigenvalue weighted by Gasteiger charge is 2.08. The maximum Gasteiger partial charge on any atom is 0.165 e. The number of nitrogens with zero attached hydrogens (tertiary/aromatic N) is 1. The number of hydrogen-bond donors (Lipinski definition) is 1. The molecule has 0 radical (unpaired) electrons. The predicted octanol–water partition coefficient (Wildman–Crippen LogP) is 2.46. The molecule has 1 aromatic carbocycles. The fourth-order valence-electron chi connectivity index (χ4n) is 1.51. The van der Waals surface area contributed by atoms with E-state index in [0.717, 1.165) is 22.7 Å². The fraction of sp³-hybridized carbons (Fsp3) is 0.250. The average Bonchev–Trinajstić information content (AvgIpc) is 2.78. The molecule has 0 bridgehead atoms. The van der Waals surface area contributed by atoms with Crippen LogP contribution in [0.3, 0.4) is 0 Å². The van der Waals surface area contributed by atoms with Crippen molar-refractivity contribution in [3.63, 3.8) is 0 Å². The standard InChI is InChI=1S/C12H13FN2OS/c1-16-11-3-2-8(6-9(11)13)10-7-17-12(15-10)4-5-14/h2-3,6-7H,4-5,14H2,1H3. The predicted molar refractivity (Wildman–Crippen MR) is 66.8 cm³/mol. The summed E-state index contributed by atoms with van der Waals surface area (Å²) >= 11 is 1.54. The van der Waals surface area contributed by atoms with E-state index in [-0.39, 0.29) is 11.6 Å². The summed E-state index contributed by atoms with van der Waals surface area (Å²) in [4.78, 5) is 4.40. The van der Waals surface area contributed by atoms with Crippen molar-refractivity contribution in [2.24, 2.45) is 5.73 Å². The van der Waals surface area contributed by atoms with Gasteiger partial charge in [-0.05, 0) is 24.7 Å². The third kappa shape index (κ3) is 2.62. The molecule has 2 aromatic rings. The van der Waals surface area contributed by atoms with Gasteiger partial charge in [0.2, 0.25) is 0 Å². The van der Waals surface area contributed by atoms with Gasteiger partial charge in [0.05, 0.1) is 17.8 Å². The van der Waals surface area contributed by atoms with Crippen molar-refractivity contribution in [1.82, 2.24) is 4.98 Å². The lowest BCUT2D eigenvalue weighted by Gasteiger charge is -2.02. The van der Waals surface area contributed by atoms with E-state index in [1.54, 1.807) is 12.1 Å². The van der Waals surface area contributed by atoms with Gasteiger partial charge in [0.1, 0.15) is 0 Å². The van der Waals surface area contributed by atoms with Gasteiger partial charge in [-0.1, -0.05) is 0 Å². The lowest BCUT2D eigenvalue weighted by atomic mass is 10.1. The summed E-state index contributed by atoms with van der Waals surface area (Å²) in [6.45, 7) is 0.573. The molecule has 5 heteroatoms. The first-order valence-electron chi connectivity index (χ1n) is 5.23. The summed E-state index contributed by atoms with van der Waals surface area (Å²) in [6, 6.07) is 4.83. The van der Waals surface area contributed by atoms with E-state index in [2.05, 4.69) is 4.98 Å².